The maximum atomic E-state index is 11.3. The van der Waals surface area contributed by atoms with E-state index in [9.17, 15) is 4.21 Å². The quantitative estimate of drug-likeness (QED) is 0.682. The van der Waals surface area contributed by atoms with Crippen LogP contribution in [0.25, 0.3) is 0 Å². The first kappa shape index (κ1) is 9.59. The molecule has 0 aromatic carbocycles. The molecular weight excluding hydrogens is 176 g/mol. The minimum Gasteiger partial charge on any atom is -0.259 e. The second-order valence-corrected chi connectivity index (χ2v) is 5.93. The second kappa shape index (κ2) is 4.51. The molecule has 1 nitrogen and oxygen atoms in total. The minimum atomic E-state index is -0.630. The largest absolute Gasteiger partial charge is 0.259 e. The van der Waals surface area contributed by atoms with Crippen LogP contribution in [0.2, 0.25) is 0 Å². The Hall–Kier alpha value is 0.500. The van der Waals surface area contributed by atoms with Gasteiger partial charge in [0.05, 0.1) is 4.58 Å². The average molecular weight is 192 g/mol. The summed E-state index contributed by atoms with van der Waals surface area (Å²) in [6.45, 7) is 0. The van der Waals surface area contributed by atoms with E-state index in [4.69, 9.17) is 0 Å². The van der Waals surface area contributed by atoms with Crippen molar-refractivity contribution in [1.29, 1.82) is 0 Å². The van der Waals surface area contributed by atoms with E-state index in [-0.39, 0.29) is 0 Å². The van der Waals surface area contributed by atoms with Gasteiger partial charge in [0, 0.05) is 17.1 Å². The van der Waals surface area contributed by atoms with E-state index in [1.54, 1.807) is 11.8 Å². The molecule has 11 heavy (non-hydrogen) atoms. The number of hydrogen-bond acceptors (Lipinski definition) is 2. The first-order valence-electron chi connectivity index (χ1n) is 4.10. The topological polar surface area (TPSA) is 17.1 Å². The van der Waals surface area contributed by atoms with Gasteiger partial charge in [-0.05, 0) is 25.0 Å². The Kier molecular flexibility index (Phi) is 3.93. The van der Waals surface area contributed by atoms with Gasteiger partial charge in [0.1, 0.15) is 0 Å². The summed E-state index contributed by atoms with van der Waals surface area (Å²) in [7, 11) is -0.630. The van der Waals surface area contributed by atoms with Crippen molar-refractivity contribution in [2.75, 3.05) is 12.5 Å². The molecule has 66 valence electrons. The van der Waals surface area contributed by atoms with Gasteiger partial charge in [-0.2, -0.15) is 0 Å². The molecule has 3 heteroatoms. The molecule has 0 saturated heterocycles. The Morgan fingerprint density at radius 3 is 2.36 bits per heavy atom. The summed E-state index contributed by atoms with van der Waals surface area (Å²) in [5, 5.41) is 0. The lowest BCUT2D eigenvalue weighted by atomic mass is 10.1. The summed E-state index contributed by atoms with van der Waals surface area (Å²) in [4.78, 5) is 0. The zero-order valence-corrected chi connectivity index (χ0v) is 8.84. The van der Waals surface area contributed by atoms with Gasteiger partial charge in [-0.1, -0.05) is 12.8 Å². The van der Waals surface area contributed by atoms with E-state index in [0.717, 1.165) is 5.92 Å². The van der Waals surface area contributed by atoms with E-state index in [1.165, 1.54) is 25.7 Å². The fraction of sp³-hybridized carbons (Fsp3) is 1.00. The van der Waals surface area contributed by atoms with Gasteiger partial charge < -0.3 is 0 Å². The lowest BCUT2D eigenvalue weighted by molar-refractivity contribution is 0.585. The van der Waals surface area contributed by atoms with Gasteiger partial charge >= 0.3 is 0 Å². The molecule has 1 saturated carbocycles. The molecule has 0 N–H and O–H groups in total. The van der Waals surface area contributed by atoms with Crippen molar-refractivity contribution >= 4 is 22.6 Å². The summed E-state index contributed by atoms with van der Waals surface area (Å²) in [6, 6.07) is 0. The summed E-state index contributed by atoms with van der Waals surface area (Å²) in [5.74, 6) is 0.732. The van der Waals surface area contributed by atoms with Crippen LogP contribution in [0.4, 0.5) is 0 Å². The molecule has 2 atom stereocenters. The highest BCUT2D eigenvalue weighted by atomic mass is 32.2. The van der Waals surface area contributed by atoms with E-state index in [2.05, 4.69) is 6.26 Å². The van der Waals surface area contributed by atoms with Crippen LogP contribution < -0.4 is 0 Å². The average Bonchev–Trinajstić information content (AvgIpc) is 2.40. The zero-order chi connectivity index (χ0) is 8.27. The standard InChI is InChI=1S/C8H16OS2/c1-10-8(11(2)9)7-5-3-4-6-7/h7-8H,3-6H2,1-2H3. The Morgan fingerprint density at radius 2 is 2.00 bits per heavy atom. The lowest BCUT2D eigenvalue weighted by Gasteiger charge is -2.18. The van der Waals surface area contributed by atoms with Crippen LogP contribution in [0.5, 0.6) is 0 Å². The van der Waals surface area contributed by atoms with Crippen LogP contribution in [0.3, 0.4) is 0 Å². The number of rotatable bonds is 3. The number of hydrogen-bond donors (Lipinski definition) is 0. The van der Waals surface area contributed by atoms with Crippen LogP contribution in [0.1, 0.15) is 25.7 Å². The molecule has 0 bridgehead atoms. The fourth-order valence-corrected chi connectivity index (χ4v) is 4.38. The van der Waals surface area contributed by atoms with Crippen LogP contribution in [-0.4, -0.2) is 21.3 Å². The third-order valence-electron chi connectivity index (χ3n) is 2.34. The predicted molar refractivity (Wildman–Crippen MR) is 53.3 cm³/mol. The van der Waals surface area contributed by atoms with Crippen LogP contribution >= 0.6 is 11.8 Å². The normalized spacial score (nSPS) is 25.3. The molecule has 1 fully saturated rings. The molecular formula is C8H16OS2. The Balaban J connectivity index is 2.46. The van der Waals surface area contributed by atoms with Gasteiger partial charge in [0.2, 0.25) is 0 Å². The van der Waals surface area contributed by atoms with E-state index < -0.39 is 10.8 Å². The summed E-state index contributed by atoms with van der Waals surface area (Å²) >= 11 is 1.78. The number of thioether (sulfide) groups is 1. The Labute approximate surface area is 75.8 Å². The Morgan fingerprint density at radius 1 is 1.45 bits per heavy atom. The smallest absolute Gasteiger partial charge is 0.0823 e. The maximum Gasteiger partial charge on any atom is 0.0823 e. The van der Waals surface area contributed by atoms with Crippen LogP contribution in [-0.2, 0) is 10.8 Å². The zero-order valence-electron chi connectivity index (χ0n) is 7.21. The van der Waals surface area contributed by atoms with Crippen molar-refractivity contribution in [2.24, 2.45) is 5.92 Å². The maximum absolute atomic E-state index is 11.3. The van der Waals surface area contributed by atoms with Crippen molar-refractivity contribution in [3.8, 4) is 0 Å². The molecule has 2 unspecified atom stereocenters. The van der Waals surface area contributed by atoms with E-state index in [1.807, 2.05) is 6.26 Å². The highest BCUT2D eigenvalue weighted by Crippen LogP contribution is 2.34. The molecule has 1 aliphatic rings. The molecule has 1 rings (SSSR count). The van der Waals surface area contributed by atoms with Crippen molar-refractivity contribution in [3.05, 3.63) is 0 Å². The van der Waals surface area contributed by atoms with Gasteiger partial charge in [-0.15, -0.1) is 11.8 Å². The van der Waals surface area contributed by atoms with Gasteiger partial charge in [0.15, 0.2) is 0 Å². The molecule has 0 aromatic rings. The van der Waals surface area contributed by atoms with Crippen molar-refractivity contribution in [3.63, 3.8) is 0 Å². The van der Waals surface area contributed by atoms with Crippen LogP contribution in [0, 0.1) is 5.92 Å². The summed E-state index contributed by atoms with van der Waals surface area (Å²) in [6.07, 6.45) is 9.19. The van der Waals surface area contributed by atoms with E-state index in [0.29, 0.717) is 4.58 Å². The molecule has 1 aliphatic carbocycles. The van der Waals surface area contributed by atoms with Crippen molar-refractivity contribution in [2.45, 2.75) is 30.3 Å². The molecule has 0 amide bonds. The molecule has 0 radical (unpaired) electrons. The second-order valence-electron chi connectivity index (χ2n) is 3.15. The van der Waals surface area contributed by atoms with E-state index >= 15 is 0 Å². The van der Waals surface area contributed by atoms with Crippen molar-refractivity contribution < 1.29 is 4.21 Å². The first-order valence-corrected chi connectivity index (χ1v) is 7.01. The summed E-state index contributed by atoms with van der Waals surface area (Å²) in [5.41, 5.74) is 0. The third kappa shape index (κ3) is 2.48. The molecule has 0 aliphatic heterocycles. The predicted octanol–water partition coefficient (Wildman–Crippen LogP) is 2.24. The van der Waals surface area contributed by atoms with Gasteiger partial charge in [-0.25, -0.2) is 0 Å². The third-order valence-corrected chi connectivity index (χ3v) is 5.62. The molecule has 0 aromatic heterocycles. The Bertz CT molecular complexity index is 141. The highest BCUT2D eigenvalue weighted by molar-refractivity contribution is 8.10. The van der Waals surface area contributed by atoms with Gasteiger partial charge in [0.25, 0.3) is 0 Å². The molecule has 0 spiro atoms. The molecule has 0 heterocycles. The van der Waals surface area contributed by atoms with Crippen molar-refractivity contribution in [1.82, 2.24) is 0 Å². The lowest BCUT2D eigenvalue weighted by Crippen LogP contribution is -2.18. The summed E-state index contributed by atoms with van der Waals surface area (Å²) < 4.78 is 11.7. The minimum absolute atomic E-state index is 0.400. The first-order chi connectivity index (χ1) is 5.25. The van der Waals surface area contributed by atoms with Crippen LogP contribution in [0.15, 0.2) is 0 Å². The fourth-order valence-electron chi connectivity index (χ4n) is 1.83. The van der Waals surface area contributed by atoms with Gasteiger partial charge in [-0.3, -0.25) is 4.21 Å². The monoisotopic (exact) mass is 192 g/mol. The SMILES string of the molecule is CSC(C1CCCC1)S(C)=O. The highest BCUT2D eigenvalue weighted by Gasteiger charge is 2.26.